The maximum absolute atomic E-state index is 13.2. The van der Waals surface area contributed by atoms with Crippen LogP contribution < -0.4 is 10.5 Å². The third kappa shape index (κ3) is 3.28. The zero-order valence-corrected chi connectivity index (χ0v) is 8.08. The molecule has 1 rings (SSSR count). The average molecular weight is 254 g/mol. The molecule has 1 heterocycles. The van der Waals surface area contributed by atoms with E-state index in [4.69, 9.17) is 10.8 Å². The molecular weight excluding hydrogens is 248 g/mol. The Morgan fingerprint density at radius 1 is 1.53 bits per heavy atom. The molecule has 0 saturated heterocycles. The van der Waals surface area contributed by atoms with Crippen molar-refractivity contribution in [1.82, 2.24) is 4.98 Å². The average Bonchev–Trinajstić information content (AvgIpc) is 2.13. The van der Waals surface area contributed by atoms with Crippen LogP contribution >= 0.6 is 0 Å². The summed E-state index contributed by atoms with van der Waals surface area (Å²) in [4.78, 5) is 13.7. The molecule has 0 spiro atoms. The zero-order chi connectivity index (χ0) is 13.2. The standard InChI is InChI=1S/C8H6F4N2O3/c9-4-1-3(2-13)14-6(5(4)7(15)16)17-8(10,11)12/h1H,2,13H2,(H,15,16). The molecule has 1 aromatic heterocycles. The van der Waals surface area contributed by atoms with Crippen LogP contribution in [0.2, 0.25) is 0 Å². The largest absolute Gasteiger partial charge is 0.574 e. The highest BCUT2D eigenvalue weighted by atomic mass is 19.4. The molecule has 0 saturated carbocycles. The molecule has 0 aliphatic carbocycles. The summed E-state index contributed by atoms with van der Waals surface area (Å²) in [5, 5.41) is 8.55. The first-order chi connectivity index (χ1) is 7.74. The van der Waals surface area contributed by atoms with Gasteiger partial charge in [0.15, 0.2) is 5.56 Å². The molecule has 5 nitrogen and oxygen atoms in total. The fourth-order valence-electron chi connectivity index (χ4n) is 1.02. The van der Waals surface area contributed by atoms with E-state index in [0.29, 0.717) is 6.07 Å². The van der Waals surface area contributed by atoms with Crippen molar-refractivity contribution in [3.8, 4) is 5.88 Å². The van der Waals surface area contributed by atoms with Crippen LogP contribution in [0, 0.1) is 5.82 Å². The van der Waals surface area contributed by atoms with Gasteiger partial charge in [-0.1, -0.05) is 0 Å². The van der Waals surface area contributed by atoms with E-state index < -0.39 is 29.6 Å². The second kappa shape index (κ2) is 4.53. The number of hydrogen-bond donors (Lipinski definition) is 2. The molecule has 0 aliphatic heterocycles. The van der Waals surface area contributed by atoms with E-state index in [1.807, 2.05) is 0 Å². The Labute approximate surface area is 91.8 Å². The van der Waals surface area contributed by atoms with Crippen molar-refractivity contribution in [1.29, 1.82) is 0 Å². The van der Waals surface area contributed by atoms with E-state index in [9.17, 15) is 22.4 Å². The maximum Gasteiger partial charge on any atom is 0.574 e. The molecule has 1 aromatic rings. The molecule has 3 N–H and O–H groups in total. The van der Waals surface area contributed by atoms with Gasteiger partial charge >= 0.3 is 12.3 Å². The smallest absolute Gasteiger partial charge is 0.477 e. The van der Waals surface area contributed by atoms with Gasteiger partial charge < -0.3 is 15.6 Å². The van der Waals surface area contributed by atoms with Gasteiger partial charge in [0.25, 0.3) is 0 Å². The lowest BCUT2D eigenvalue weighted by atomic mass is 10.2. The summed E-state index contributed by atoms with van der Waals surface area (Å²) in [5.74, 6) is -4.68. The van der Waals surface area contributed by atoms with Crippen LogP contribution in [0.25, 0.3) is 0 Å². The van der Waals surface area contributed by atoms with Crippen molar-refractivity contribution in [2.45, 2.75) is 12.9 Å². The summed E-state index contributed by atoms with van der Waals surface area (Å²) in [7, 11) is 0. The molecule has 0 amide bonds. The number of carboxylic acids is 1. The summed E-state index contributed by atoms with van der Waals surface area (Å²) in [6.07, 6.45) is -5.17. The number of carbonyl (C=O) groups is 1. The molecule has 0 aromatic carbocycles. The fourth-order valence-corrected chi connectivity index (χ4v) is 1.02. The third-order valence-corrected chi connectivity index (χ3v) is 1.63. The van der Waals surface area contributed by atoms with Crippen molar-refractivity contribution in [2.24, 2.45) is 5.73 Å². The highest BCUT2D eigenvalue weighted by Gasteiger charge is 2.35. The molecule has 0 radical (unpaired) electrons. The maximum atomic E-state index is 13.2. The first-order valence-corrected chi connectivity index (χ1v) is 4.13. The minimum Gasteiger partial charge on any atom is -0.477 e. The Kier molecular flexibility index (Phi) is 3.51. The number of nitrogens with zero attached hydrogens (tertiary/aromatic N) is 1. The van der Waals surface area contributed by atoms with Gasteiger partial charge in [-0.2, -0.15) is 0 Å². The quantitative estimate of drug-likeness (QED) is 0.793. The molecule has 0 fully saturated rings. The van der Waals surface area contributed by atoms with Gasteiger partial charge in [-0.15, -0.1) is 13.2 Å². The van der Waals surface area contributed by atoms with E-state index in [0.717, 1.165) is 0 Å². The molecule has 0 unspecified atom stereocenters. The second-order valence-electron chi connectivity index (χ2n) is 2.83. The number of rotatable bonds is 3. The number of pyridine rings is 1. The Morgan fingerprint density at radius 2 is 2.12 bits per heavy atom. The Bertz CT molecular complexity index is 447. The Balaban J connectivity index is 3.32. The van der Waals surface area contributed by atoms with Crippen LogP contribution in [-0.2, 0) is 6.54 Å². The Morgan fingerprint density at radius 3 is 2.53 bits per heavy atom. The number of aromatic nitrogens is 1. The van der Waals surface area contributed by atoms with Gasteiger partial charge in [-0.05, 0) is 6.07 Å². The molecular formula is C8H6F4N2O3. The molecule has 0 bridgehead atoms. The van der Waals surface area contributed by atoms with E-state index >= 15 is 0 Å². The van der Waals surface area contributed by atoms with Gasteiger partial charge in [0.2, 0.25) is 5.88 Å². The van der Waals surface area contributed by atoms with Crippen molar-refractivity contribution >= 4 is 5.97 Å². The zero-order valence-electron chi connectivity index (χ0n) is 8.08. The van der Waals surface area contributed by atoms with Gasteiger partial charge in [0.1, 0.15) is 5.82 Å². The minimum atomic E-state index is -5.17. The van der Waals surface area contributed by atoms with Crippen molar-refractivity contribution < 1.29 is 32.2 Å². The molecule has 0 aliphatic rings. The first kappa shape index (κ1) is 13.2. The second-order valence-corrected chi connectivity index (χ2v) is 2.83. The fraction of sp³-hybridized carbons (Fsp3) is 0.250. The van der Waals surface area contributed by atoms with Crippen molar-refractivity contribution in [3.05, 3.63) is 23.1 Å². The summed E-state index contributed by atoms with van der Waals surface area (Å²) in [6, 6.07) is 0.632. The topological polar surface area (TPSA) is 85.4 Å². The molecule has 0 atom stereocenters. The number of aromatic carboxylic acids is 1. The third-order valence-electron chi connectivity index (χ3n) is 1.63. The lowest BCUT2D eigenvalue weighted by Gasteiger charge is -2.11. The van der Waals surface area contributed by atoms with Crippen LogP contribution in [0.3, 0.4) is 0 Å². The van der Waals surface area contributed by atoms with E-state index in [1.165, 1.54) is 0 Å². The monoisotopic (exact) mass is 254 g/mol. The summed E-state index contributed by atoms with van der Waals surface area (Å²) in [6.45, 7) is -0.356. The molecule has 9 heteroatoms. The number of ether oxygens (including phenoxy) is 1. The minimum absolute atomic E-state index is 0.258. The lowest BCUT2D eigenvalue weighted by Crippen LogP contribution is -2.21. The number of hydrogen-bond acceptors (Lipinski definition) is 4. The number of alkyl halides is 3. The van der Waals surface area contributed by atoms with Gasteiger partial charge in [0, 0.05) is 6.54 Å². The summed E-state index contributed by atoms with van der Waals surface area (Å²) < 4.78 is 52.4. The van der Waals surface area contributed by atoms with E-state index in [1.54, 1.807) is 0 Å². The van der Waals surface area contributed by atoms with Crippen LogP contribution in [0.5, 0.6) is 5.88 Å². The van der Waals surface area contributed by atoms with Crippen LogP contribution in [-0.4, -0.2) is 22.4 Å². The van der Waals surface area contributed by atoms with Gasteiger partial charge in [-0.25, -0.2) is 14.2 Å². The molecule has 94 valence electrons. The van der Waals surface area contributed by atoms with Crippen molar-refractivity contribution in [3.63, 3.8) is 0 Å². The van der Waals surface area contributed by atoms with E-state index in [2.05, 4.69) is 9.72 Å². The number of nitrogens with two attached hydrogens (primary N) is 1. The van der Waals surface area contributed by atoms with Gasteiger partial charge in [0.05, 0.1) is 5.69 Å². The normalized spacial score (nSPS) is 11.4. The number of halogens is 4. The predicted molar refractivity (Wildman–Crippen MR) is 45.7 cm³/mol. The SMILES string of the molecule is NCc1cc(F)c(C(=O)O)c(OC(F)(F)F)n1. The van der Waals surface area contributed by atoms with Crippen LogP contribution in [0.15, 0.2) is 6.07 Å². The van der Waals surface area contributed by atoms with Crippen molar-refractivity contribution in [2.75, 3.05) is 0 Å². The van der Waals surface area contributed by atoms with Crippen LogP contribution in [0.1, 0.15) is 16.1 Å². The highest BCUT2D eigenvalue weighted by Crippen LogP contribution is 2.26. The summed E-state index contributed by atoms with van der Waals surface area (Å²) in [5.41, 5.74) is 3.51. The number of carboxylic acid groups (broad SMARTS) is 1. The predicted octanol–water partition coefficient (Wildman–Crippen LogP) is 1.28. The van der Waals surface area contributed by atoms with Gasteiger partial charge in [-0.3, -0.25) is 0 Å². The lowest BCUT2D eigenvalue weighted by molar-refractivity contribution is -0.276. The van der Waals surface area contributed by atoms with E-state index in [-0.39, 0.29) is 12.2 Å². The molecule has 17 heavy (non-hydrogen) atoms. The highest BCUT2D eigenvalue weighted by molar-refractivity contribution is 5.90. The first-order valence-electron chi connectivity index (χ1n) is 4.13. The summed E-state index contributed by atoms with van der Waals surface area (Å²) >= 11 is 0. The Hall–Kier alpha value is -1.90. The van der Waals surface area contributed by atoms with Crippen LogP contribution in [0.4, 0.5) is 17.6 Å².